The van der Waals surface area contributed by atoms with Gasteiger partial charge in [-0.05, 0) is 42.7 Å². The zero-order valence-corrected chi connectivity index (χ0v) is 19.1. The summed E-state index contributed by atoms with van der Waals surface area (Å²) in [4.78, 5) is 12.4. The number of fused-ring (bicyclic) bond motifs is 2. The molecule has 6 heteroatoms. The number of piperidine rings is 1. The monoisotopic (exact) mass is 436 g/mol. The van der Waals surface area contributed by atoms with Gasteiger partial charge in [-0.3, -0.25) is 9.58 Å². The van der Waals surface area contributed by atoms with Crippen LogP contribution in [0.15, 0.2) is 67.0 Å². The van der Waals surface area contributed by atoms with E-state index in [1.807, 2.05) is 24.0 Å². The van der Waals surface area contributed by atoms with Crippen molar-refractivity contribution >= 4 is 21.9 Å². The number of benzene rings is 2. The highest BCUT2D eigenvalue weighted by molar-refractivity contribution is 5.96. The molecule has 5 aromatic rings. The van der Waals surface area contributed by atoms with Crippen LogP contribution in [0.4, 0.5) is 0 Å². The molecule has 1 fully saturated rings. The zero-order valence-electron chi connectivity index (χ0n) is 19.1. The van der Waals surface area contributed by atoms with Crippen molar-refractivity contribution in [3.8, 4) is 11.4 Å². The van der Waals surface area contributed by atoms with Gasteiger partial charge in [0.1, 0.15) is 11.3 Å². The van der Waals surface area contributed by atoms with Crippen molar-refractivity contribution in [2.75, 3.05) is 13.1 Å². The normalized spacial score (nSPS) is 15.6. The second-order valence-corrected chi connectivity index (χ2v) is 9.10. The molecule has 0 atom stereocenters. The lowest BCUT2D eigenvalue weighted by atomic mass is 10.0. The first-order valence-corrected chi connectivity index (χ1v) is 11.7. The van der Waals surface area contributed by atoms with Gasteiger partial charge >= 0.3 is 0 Å². The maximum atomic E-state index is 5.09. The lowest BCUT2D eigenvalue weighted by Gasteiger charge is -2.33. The molecule has 166 valence electrons. The Hall–Kier alpha value is -3.51. The minimum absolute atomic E-state index is 0.380. The van der Waals surface area contributed by atoms with Crippen LogP contribution < -0.4 is 0 Å². The Labute approximate surface area is 193 Å². The molecule has 1 aliphatic heterocycles. The van der Waals surface area contributed by atoms with Gasteiger partial charge in [-0.1, -0.05) is 42.5 Å². The van der Waals surface area contributed by atoms with Crippen LogP contribution in [0.1, 0.15) is 30.1 Å². The zero-order chi connectivity index (χ0) is 22.4. The molecule has 3 aromatic heterocycles. The van der Waals surface area contributed by atoms with Crippen LogP contribution in [0.2, 0.25) is 0 Å². The molecule has 0 spiro atoms. The van der Waals surface area contributed by atoms with E-state index in [2.05, 4.69) is 76.2 Å². The molecule has 0 radical (unpaired) electrons. The number of rotatable bonds is 4. The molecular formula is C27H28N6. The highest BCUT2D eigenvalue weighted by atomic mass is 15.3. The van der Waals surface area contributed by atoms with Crippen molar-refractivity contribution in [1.82, 2.24) is 29.2 Å². The minimum Gasteiger partial charge on any atom is -0.305 e. The second kappa shape index (κ2) is 8.12. The fraction of sp³-hybridized carbons (Fsp3) is 0.296. The predicted molar refractivity (Wildman–Crippen MR) is 132 cm³/mol. The Morgan fingerprint density at radius 1 is 0.970 bits per heavy atom. The molecule has 1 saturated heterocycles. The first-order chi connectivity index (χ1) is 16.2. The Morgan fingerprint density at radius 2 is 1.79 bits per heavy atom. The molecule has 4 heterocycles. The third kappa shape index (κ3) is 3.60. The van der Waals surface area contributed by atoms with E-state index in [4.69, 9.17) is 9.97 Å². The highest BCUT2D eigenvalue weighted by Crippen LogP contribution is 2.35. The average molecular weight is 437 g/mol. The number of aromatic nitrogens is 5. The average Bonchev–Trinajstić information content (AvgIpc) is 3.38. The van der Waals surface area contributed by atoms with Gasteiger partial charge < -0.3 is 4.57 Å². The van der Waals surface area contributed by atoms with Crippen molar-refractivity contribution in [2.45, 2.75) is 32.4 Å². The molecular weight excluding hydrogens is 408 g/mol. The maximum absolute atomic E-state index is 5.09. The van der Waals surface area contributed by atoms with Gasteiger partial charge in [0.15, 0.2) is 5.65 Å². The summed E-state index contributed by atoms with van der Waals surface area (Å²) >= 11 is 0. The molecule has 0 unspecified atom stereocenters. The van der Waals surface area contributed by atoms with Gasteiger partial charge in [-0.15, -0.1) is 0 Å². The van der Waals surface area contributed by atoms with Gasteiger partial charge in [0.25, 0.3) is 0 Å². The van der Waals surface area contributed by atoms with E-state index in [0.29, 0.717) is 6.04 Å². The number of likely N-dealkylation sites (tertiary alicyclic amines) is 1. The molecule has 0 saturated carbocycles. The second-order valence-electron chi connectivity index (χ2n) is 9.10. The summed E-state index contributed by atoms with van der Waals surface area (Å²) in [6.07, 6.45) is 6.19. The molecule has 6 rings (SSSR count). The van der Waals surface area contributed by atoms with Crippen molar-refractivity contribution in [3.63, 3.8) is 0 Å². The largest absolute Gasteiger partial charge is 0.305 e. The summed E-state index contributed by atoms with van der Waals surface area (Å²) in [5, 5.41) is 6.98. The third-order valence-electron chi connectivity index (χ3n) is 6.91. The van der Waals surface area contributed by atoms with Crippen LogP contribution in [-0.4, -0.2) is 42.3 Å². The van der Waals surface area contributed by atoms with E-state index in [1.165, 1.54) is 21.9 Å². The molecule has 0 aliphatic carbocycles. The van der Waals surface area contributed by atoms with E-state index in [-0.39, 0.29) is 0 Å². The van der Waals surface area contributed by atoms with Gasteiger partial charge in [-0.25, -0.2) is 9.97 Å². The van der Waals surface area contributed by atoms with Crippen LogP contribution in [0.3, 0.4) is 0 Å². The Kier molecular flexibility index (Phi) is 4.95. The summed E-state index contributed by atoms with van der Waals surface area (Å²) in [5.74, 6) is 1.03. The first kappa shape index (κ1) is 20.1. The van der Waals surface area contributed by atoms with Gasteiger partial charge in [0.05, 0.1) is 5.69 Å². The fourth-order valence-corrected chi connectivity index (χ4v) is 5.27. The van der Waals surface area contributed by atoms with E-state index < -0.39 is 0 Å². The molecule has 0 bridgehead atoms. The smallest absolute Gasteiger partial charge is 0.160 e. The van der Waals surface area contributed by atoms with Crippen LogP contribution in [0.5, 0.6) is 0 Å². The van der Waals surface area contributed by atoms with Crippen molar-refractivity contribution < 1.29 is 0 Å². The number of pyridine rings is 1. The van der Waals surface area contributed by atoms with Crippen molar-refractivity contribution in [2.24, 2.45) is 7.05 Å². The quantitative estimate of drug-likeness (QED) is 0.392. The van der Waals surface area contributed by atoms with Crippen LogP contribution in [0.25, 0.3) is 33.3 Å². The third-order valence-corrected chi connectivity index (χ3v) is 6.91. The van der Waals surface area contributed by atoms with Gasteiger partial charge in [-0.2, -0.15) is 5.10 Å². The molecule has 0 N–H and O–H groups in total. The molecule has 2 aromatic carbocycles. The van der Waals surface area contributed by atoms with E-state index >= 15 is 0 Å². The minimum atomic E-state index is 0.380. The van der Waals surface area contributed by atoms with Gasteiger partial charge in [0.2, 0.25) is 0 Å². The molecule has 0 amide bonds. The number of imidazole rings is 1. The van der Waals surface area contributed by atoms with E-state index in [1.54, 1.807) is 0 Å². The molecule has 6 nitrogen and oxygen atoms in total. The van der Waals surface area contributed by atoms with Gasteiger partial charge in [0, 0.05) is 56.2 Å². The van der Waals surface area contributed by atoms with E-state index in [0.717, 1.165) is 55.2 Å². The Bertz CT molecular complexity index is 1430. The standard InChI is InChI=1S/C27H28N6/c1-19-21(17-31(2)30-19)18-32-15-12-22(13-16-32)33-26(29-25-11-6-14-28-27(25)33)24-10-5-8-20-7-3-4-9-23(20)24/h3-11,14,17,22H,12-13,15-16,18H2,1-2H3. The maximum Gasteiger partial charge on any atom is 0.160 e. The fourth-order valence-electron chi connectivity index (χ4n) is 5.27. The predicted octanol–water partition coefficient (Wildman–Crippen LogP) is 5.13. The Balaban J connectivity index is 1.35. The van der Waals surface area contributed by atoms with Crippen molar-refractivity contribution in [1.29, 1.82) is 0 Å². The lowest BCUT2D eigenvalue weighted by Crippen LogP contribution is -2.34. The summed E-state index contributed by atoms with van der Waals surface area (Å²) in [6, 6.07) is 19.5. The number of hydrogen-bond acceptors (Lipinski definition) is 4. The number of hydrogen-bond donors (Lipinski definition) is 0. The van der Waals surface area contributed by atoms with Crippen LogP contribution >= 0.6 is 0 Å². The Morgan fingerprint density at radius 3 is 2.61 bits per heavy atom. The van der Waals surface area contributed by atoms with Crippen LogP contribution in [-0.2, 0) is 13.6 Å². The van der Waals surface area contributed by atoms with Crippen LogP contribution in [0, 0.1) is 6.92 Å². The number of nitrogens with zero attached hydrogens (tertiary/aromatic N) is 6. The summed E-state index contributed by atoms with van der Waals surface area (Å²) < 4.78 is 4.32. The summed E-state index contributed by atoms with van der Waals surface area (Å²) in [6.45, 7) is 5.17. The summed E-state index contributed by atoms with van der Waals surface area (Å²) in [7, 11) is 1.99. The SMILES string of the molecule is Cc1nn(C)cc1CN1CCC(n2c(-c3cccc4ccccc34)nc3cccnc32)CC1. The highest BCUT2D eigenvalue weighted by Gasteiger charge is 2.26. The topological polar surface area (TPSA) is 51.8 Å². The molecule has 1 aliphatic rings. The summed E-state index contributed by atoms with van der Waals surface area (Å²) in [5.41, 5.74) is 5.58. The molecule has 33 heavy (non-hydrogen) atoms. The first-order valence-electron chi connectivity index (χ1n) is 11.7. The van der Waals surface area contributed by atoms with Crippen molar-refractivity contribution in [3.05, 3.63) is 78.2 Å². The number of aryl methyl sites for hydroxylation is 2. The van der Waals surface area contributed by atoms with E-state index in [9.17, 15) is 0 Å². The lowest BCUT2D eigenvalue weighted by molar-refractivity contribution is 0.181.